The fraction of sp³-hybridized carbons (Fsp3) is 0.400. The molecule has 0 amide bonds. The molecule has 0 N–H and O–H groups in total. The van der Waals surface area contributed by atoms with Crippen molar-refractivity contribution in [1.82, 2.24) is 4.67 Å². The van der Waals surface area contributed by atoms with Gasteiger partial charge in [0.25, 0.3) is 0 Å². The summed E-state index contributed by atoms with van der Waals surface area (Å²) < 4.78 is 23.7. The molecule has 1 rings (SSSR count). The number of rotatable bonds is 4. The van der Waals surface area contributed by atoms with Crippen molar-refractivity contribution in [2.45, 2.75) is 6.92 Å². The maximum Gasteiger partial charge on any atom is 0.460 e. The zero-order valence-electron chi connectivity index (χ0n) is 9.43. The Balaban J connectivity index is 2.84. The molecule has 15 heavy (non-hydrogen) atoms. The smallest absolute Gasteiger partial charge is 0.413 e. The predicted octanol–water partition coefficient (Wildman–Crippen LogP) is 2.69. The summed E-state index contributed by atoms with van der Waals surface area (Å²) in [4.78, 5) is 0. The van der Waals surface area contributed by atoms with Crippen LogP contribution in [0.1, 0.15) is 5.56 Å². The van der Waals surface area contributed by atoms with Crippen molar-refractivity contribution in [2.75, 3.05) is 21.2 Å². The van der Waals surface area contributed by atoms with Crippen LogP contribution < -0.4 is 4.52 Å². The summed E-state index contributed by atoms with van der Waals surface area (Å²) in [6, 6.07) is 7.32. The summed E-state index contributed by atoms with van der Waals surface area (Å²) in [5.41, 5.74) is 1.12. The molecule has 0 saturated carbocycles. The Morgan fingerprint density at radius 1 is 1.20 bits per heavy atom. The van der Waals surface area contributed by atoms with Crippen LogP contribution in [0.5, 0.6) is 5.75 Å². The summed E-state index contributed by atoms with van der Waals surface area (Å²) in [7, 11) is 1.50. The van der Waals surface area contributed by atoms with E-state index in [1.165, 1.54) is 11.8 Å². The maximum atomic E-state index is 12.0. The van der Waals surface area contributed by atoms with Gasteiger partial charge in [-0.1, -0.05) is 17.7 Å². The van der Waals surface area contributed by atoms with Gasteiger partial charge in [0.05, 0.1) is 0 Å². The highest BCUT2D eigenvalue weighted by Gasteiger charge is 2.27. The van der Waals surface area contributed by atoms with Crippen LogP contribution in [0, 0.1) is 6.92 Å². The third-order valence-corrected chi connectivity index (χ3v) is 3.85. The lowest BCUT2D eigenvalue weighted by Crippen LogP contribution is -2.14. The quantitative estimate of drug-likeness (QED) is 0.744. The van der Waals surface area contributed by atoms with Crippen molar-refractivity contribution in [3.8, 4) is 5.75 Å². The molecule has 84 valence electrons. The van der Waals surface area contributed by atoms with Gasteiger partial charge < -0.3 is 4.52 Å². The first-order chi connectivity index (χ1) is 6.98. The van der Waals surface area contributed by atoms with Crippen LogP contribution in [0.2, 0.25) is 0 Å². The third kappa shape index (κ3) is 3.06. The fourth-order valence-corrected chi connectivity index (χ4v) is 1.97. The molecule has 1 aromatic rings. The van der Waals surface area contributed by atoms with Gasteiger partial charge in [-0.3, -0.25) is 4.52 Å². The van der Waals surface area contributed by atoms with E-state index in [2.05, 4.69) is 0 Å². The monoisotopic (exact) mass is 229 g/mol. The second-order valence-corrected chi connectivity index (χ2v) is 5.69. The molecule has 0 spiro atoms. The summed E-state index contributed by atoms with van der Waals surface area (Å²) in [6.07, 6.45) is 0. The van der Waals surface area contributed by atoms with E-state index in [-0.39, 0.29) is 0 Å². The molecule has 0 aliphatic carbocycles. The van der Waals surface area contributed by atoms with Crippen LogP contribution >= 0.6 is 7.75 Å². The summed E-state index contributed by atoms with van der Waals surface area (Å²) >= 11 is 0. The summed E-state index contributed by atoms with van der Waals surface area (Å²) in [6.45, 7) is 1.98. The largest absolute Gasteiger partial charge is 0.460 e. The van der Waals surface area contributed by atoms with Gasteiger partial charge in [0.15, 0.2) is 0 Å². The minimum Gasteiger partial charge on any atom is -0.413 e. The minimum atomic E-state index is -3.18. The second-order valence-electron chi connectivity index (χ2n) is 3.40. The molecule has 0 aromatic heterocycles. The summed E-state index contributed by atoms with van der Waals surface area (Å²) in [5.74, 6) is 0.541. The molecule has 1 aromatic carbocycles. The highest BCUT2D eigenvalue weighted by Crippen LogP contribution is 2.48. The Morgan fingerprint density at radius 3 is 2.13 bits per heavy atom. The Kier molecular flexibility index (Phi) is 3.91. The average molecular weight is 229 g/mol. The Labute approximate surface area is 90.4 Å². The van der Waals surface area contributed by atoms with Crippen molar-refractivity contribution in [3.63, 3.8) is 0 Å². The standard InChI is InChI=1S/C10H16NO3P/c1-9-5-7-10(8-6-9)14-15(12,13-4)11(2)3/h5-8H,1-4H3. The van der Waals surface area contributed by atoms with Gasteiger partial charge in [-0.2, -0.15) is 0 Å². The van der Waals surface area contributed by atoms with Crippen LogP contribution in [-0.4, -0.2) is 25.9 Å². The van der Waals surface area contributed by atoms with Crippen LogP contribution in [0.25, 0.3) is 0 Å². The van der Waals surface area contributed by atoms with Crippen LogP contribution in [0.4, 0.5) is 0 Å². The molecular weight excluding hydrogens is 213 g/mol. The van der Waals surface area contributed by atoms with Gasteiger partial charge in [0.2, 0.25) is 0 Å². The van der Waals surface area contributed by atoms with E-state index in [1.54, 1.807) is 26.2 Å². The topological polar surface area (TPSA) is 38.8 Å². The van der Waals surface area contributed by atoms with E-state index in [9.17, 15) is 4.57 Å². The minimum absolute atomic E-state index is 0.541. The molecule has 0 saturated heterocycles. The van der Waals surface area contributed by atoms with Gasteiger partial charge >= 0.3 is 7.75 Å². The third-order valence-electron chi connectivity index (χ3n) is 1.96. The lowest BCUT2D eigenvalue weighted by molar-refractivity contribution is 0.273. The van der Waals surface area contributed by atoms with Gasteiger partial charge in [-0.15, -0.1) is 0 Å². The number of aryl methyl sites for hydroxylation is 1. The van der Waals surface area contributed by atoms with Crippen LogP contribution in [0.15, 0.2) is 24.3 Å². The normalized spacial score (nSPS) is 15.0. The predicted molar refractivity (Wildman–Crippen MR) is 60.1 cm³/mol. The maximum absolute atomic E-state index is 12.0. The molecule has 0 bridgehead atoms. The van der Waals surface area contributed by atoms with Crippen molar-refractivity contribution in [2.24, 2.45) is 0 Å². The molecule has 0 aliphatic rings. The first-order valence-electron chi connectivity index (χ1n) is 4.58. The van der Waals surface area contributed by atoms with Crippen LogP contribution in [0.3, 0.4) is 0 Å². The van der Waals surface area contributed by atoms with E-state index in [1.807, 2.05) is 19.1 Å². The summed E-state index contributed by atoms with van der Waals surface area (Å²) in [5, 5.41) is 0. The number of nitrogens with zero attached hydrogens (tertiary/aromatic N) is 1. The SMILES string of the molecule is COP(=O)(Oc1ccc(C)cc1)N(C)C. The molecule has 0 aliphatic heterocycles. The van der Waals surface area contributed by atoms with Crippen molar-refractivity contribution < 1.29 is 13.6 Å². The Hall–Kier alpha value is -0.830. The Morgan fingerprint density at radius 2 is 1.73 bits per heavy atom. The first-order valence-corrected chi connectivity index (χ1v) is 6.07. The van der Waals surface area contributed by atoms with Crippen molar-refractivity contribution in [3.05, 3.63) is 29.8 Å². The fourth-order valence-electron chi connectivity index (χ4n) is 1.01. The van der Waals surface area contributed by atoms with E-state index in [4.69, 9.17) is 9.05 Å². The zero-order chi connectivity index (χ0) is 11.5. The van der Waals surface area contributed by atoms with Gasteiger partial charge in [0, 0.05) is 7.11 Å². The zero-order valence-corrected chi connectivity index (χ0v) is 10.3. The molecule has 1 atom stereocenters. The van der Waals surface area contributed by atoms with E-state index in [0.717, 1.165) is 5.56 Å². The van der Waals surface area contributed by atoms with Gasteiger partial charge in [0.1, 0.15) is 5.75 Å². The number of hydrogen-bond acceptors (Lipinski definition) is 3. The van der Waals surface area contributed by atoms with E-state index >= 15 is 0 Å². The van der Waals surface area contributed by atoms with E-state index < -0.39 is 7.75 Å². The lowest BCUT2D eigenvalue weighted by atomic mass is 10.2. The van der Waals surface area contributed by atoms with Gasteiger partial charge in [-0.05, 0) is 33.2 Å². The molecular formula is C10H16NO3P. The molecule has 5 heteroatoms. The second kappa shape index (κ2) is 4.79. The highest BCUT2D eigenvalue weighted by molar-refractivity contribution is 7.51. The molecule has 1 unspecified atom stereocenters. The highest BCUT2D eigenvalue weighted by atomic mass is 31.2. The van der Waals surface area contributed by atoms with Crippen LogP contribution in [-0.2, 0) is 9.09 Å². The lowest BCUT2D eigenvalue weighted by Gasteiger charge is -2.22. The Bertz CT molecular complexity index is 361. The van der Waals surface area contributed by atoms with Crippen molar-refractivity contribution >= 4 is 7.75 Å². The molecule has 0 heterocycles. The van der Waals surface area contributed by atoms with E-state index in [0.29, 0.717) is 5.75 Å². The average Bonchev–Trinajstić information content (AvgIpc) is 2.21. The first kappa shape index (κ1) is 12.2. The molecule has 4 nitrogen and oxygen atoms in total. The molecule has 0 fully saturated rings. The van der Waals surface area contributed by atoms with Gasteiger partial charge in [-0.25, -0.2) is 9.24 Å². The number of hydrogen-bond donors (Lipinski definition) is 0. The number of benzene rings is 1. The molecule has 0 radical (unpaired) electrons. The van der Waals surface area contributed by atoms with Crippen molar-refractivity contribution in [1.29, 1.82) is 0 Å².